The molecule has 8 heteroatoms. The minimum Gasteiger partial charge on any atom is -0.319 e. The van der Waals surface area contributed by atoms with Crippen LogP contribution in [0.5, 0.6) is 0 Å². The topological polar surface area (TPSA) is 72.2 Å². The van der Waals surface area contributed by atoms with Gasteiger partial charge >= 0.3 is 0 Å². The molecule has 2 aromatic rings. The van der Waals surface area contributed by atoms with Gasteiger partial charge in [0.2, 0.25) is 0 Å². The first-order valence-corrected chi connectivity index (χ1v) is 7.18. The first-order chi connectivity index (χ1) is 9.90. The first-order valence-electron chi connectivity index (χ1n) is 5.59. The summed E-state index contributed by atoms with van der Waals surface area (Å²) in [5.74, 6) is -1.25. The van der Waals surface area contributed by atoms with Crippen molar-refractivity contribution in [2.24, 2.45) is 0 Å². The lowest BCUT2D eigenvalue weighted by Crippen LogP contribution is -2.13. The second-order valence-electron chi connectivity index (χ2n) is 3.97. The third-order valence-electron chi connectivity index (χ3n) is 2.61. The zero-order valence-electron chi connectivity index (χ0n) is 10.3. The molecular weight excluding hydrogens is 411 g/mol. The summed E-state index contributed by atoms with van der Waals surface area (Å²) in [4.78, 5) is 22.3. The summed E-state index contributed by atoms with van der Waals surface area (Å²) in [5.41, 5.74) is -0.205. The molecule has 0 saturated carbocycles. The van der Waals surface area contributed by atoms with Crippen LogP contribution in [0.1, 0.15) is 10.4 Å². The molecule has 108 valence electrons. The second-order valence-corrected chi connectivity index (χ2v) is 5.68. The molecule has 0 bridgehead atoms. The maximum atomic E-state index is 13.6. The zero-order valence-corrected chi connectivity index (χ0v) is 13.4. The molecule has 0 radical (unpaired) electrons. The van der Waals surface area contributed by atoms with Crippen LogP contribution in [-0.4, -0.2) is 10.8 Å². The van der Waals surface area contributed by atoms with Gasteiger partial charge in [0.15, 0.2) is 0 Å². The molecule has 0 fully saturated rings. The van der Waals surface area contributed by atoms with E-state index in [9.17, 15) is 19.3 Å². The third-order valence-corrected chi connectivity index (χ3v) is 3.94. The van der Waals surface area contributed by atoms with Crippen molar-refractivity contribution in [3.63, 3.8) is 0 Å². The maximum Gasteiger partial charge on any atom is 0.284 e. The average Bonchev–Trinajstić information content (AvgIpc) is 2.43. The predicted octanol–water partition coefficient (Wildman–Crippen LogP) is 4.51. The van der Waals surface area contributed by atoms with Crippen LogP contribution in [0.15, 0.2) is 45.3 Å². The van der Waals surface area contributed by atoms with Crippen molar-refractivity contribution >= 4 is 49.1 Å². The Balaban J connectivity index is 2.33. The van der Waals surface area contributed by atoms with Gasteiger partial charge in [0.1, 0.15) is 5.82 Å². The first kappa shape index (κ1) is 15.6. The van der Waals surface area contributed by atoms with Crippen LogP contribution in [-0.2, 0) is 0 Å². The van der Waals surface area contributed by atoms with Gasteiger partial charge in [-0.05, 0) is 56.1 Å². The largest absolute Gasteiger partial charge is 0.319 e. The molecule has 0 aliphatic rings. The Morgan fingerprint density at radius 1 is 1.19 bits per heavy atom. The number of carbonyl (C=O) groups excluding carboxylic acids is 1. The summed E-state index contributed by atoms with van der Waals surface area (Å²) in [6.07, 6.45) is 0. The number of hydrogen-bond acceptors (Lipinski definition) is 3. The molecule has 0 aromatic heterocycles. The fraction of sp³-hybridized carbons (Fsp3) is 0. The summed E-state index contributed by atoms with van der Waals surface area (Å²) in [5, 5.41) is 13.2. The Bertz CT molecular complexity index is 717. The van der Waals surface area contributed by atoms with E-state index in [2.05, 4.69) is 37.2 Å². The standard InChI is InChI=1S/C13H7Br2FN2O3/c14-8-5-4-7(6-11(8)18(20)21)13(19)17-12-9(15)2-1-3-10(12)16/h1-6H,(H,17,19). The average molecular weight is 418 g/mol. The van der Waals surface area contributed by atoms with E-state index in [-0.39, 0.29) is 21.4 Å². The lowest BCUT2D eigenvalue weighted by molar-refractivity contribution is -0.385. The van der Waals surface area contributed by atoms with Crippen LogP contribution in [0, 0.1) is 15.9 Å². The number of amides is 1. The van der Waals surface area contributed by atoms with Crippen LogP contribution >= 0.6 is 31.9 Å². The fourth-order valence-electron chi connectivity index (χ4n) is 1.60. The van der Waals surface area contributed by atoms with E-state index >= 15 is 0 Å². The highest BCUT2D eigenvalue weighted by atomic mass is 79.9. The third kappa shape index (κ3) is 3.45. The number of nitro benzene ring substituents is 1. The summed E-state index contributed by atoms with van der Waals surface area (Å²) in [6, 6.07) is 8.17. The molecule has 0 atom stereocenters. The number of nitrogens with one attached hydrogen (secondary N) is 1. The summed E-state index contributed by atoms with van der Waals surface area (Å²) in [7, 11) is 0. The molecule has 0 aliphatic carbocycles. The van der Waals surface area contributed by atoms with Gasteiger partial charge in [-0.25, -0.2) is 4.39 Å². The van der Waals surface area contributed by atoms with Gasteiger partial charge in [-0.2, -0.15) is 0 Å². The molecule has 2 aromatic carbocycles. The molecule has 0 aliphatic heterocycles. The van der Waals surface area contributed by atoms with Gasteiger partial charge in [0.05, 0.1) is 15.1 Å². The number of nitro groups is 1. The number of rotatable bonds is 3. The lowest BCUT2D eigenvalue weighted by Gasteiger charge is -2.08. The van der Waals surface area contributed by atoms with E-state index in [1.807, 2.05) is 0 Å². The van der Waals surface area contributed by atoms with Gasteiger partial charge in [-0.15, -0.1) is 0 Å². The lowest BCUT2D eigenvalue weighted by atomic mass is 10.2. The molecular formula is C13H7Br2FN2O3. The number of benzene rings is 2. The maximum absolute atomic E-state index is 13.6. The van der Waals surface area contributed by atoms with Gasteiger partial charge in [0, 0.05) is 16.1 Å². The Labute approximate surface area is 135 Å². The normalized spacial score (nSPS) is 10.2. The molecule has 5 nitrogen and oxygen atoms in total. The Kier molecular flexibility index (Phi) is 4.69. The van der Waals surface area contributed by atoms with Crippen LogP contribution in [0.3, 0.4) is 0 Å². The van der Waals surface area contributed by atoms with E-state index in [4.69, 9.17) is 0 Å². The van der Waals surface area contributed by atoms with E-state index in [0.29, 0.717) is 4.47 Å². The van der Waals surface area contributed by atoms with Crippen molar-refractivity contribution in [3.8, 4) is 0 Å². The number of halogens is 3. The van der Waals surface area contributed by atoms with Gasteiger partial charge < -0.3 is 5.32 Å². The zero-order chi connectivity index (χ0) is 15.6. The highest BCUT2D eigenvalue weighted by Crippen LogP contribution is 2.28. The number of para-hydroxylation sites is 1. The number of anilines is 1. The molecule has 0 saturated heterocycles. The van der Waals surface area contributed by atoms with Crippen molar-refractivity contribution in [2.45, 2.75) is 0 Å². The van der Waals surface area contributed by atoms with E-state index in [1.165, 1.54) is 24.3 Å². The highest BCUT2D eigenvalue weighted by Gasteiger charge is 2.17. The van der Waals surface area contributed by atoms with Gasteiger partial charge in [0.25, 0.3) is 11.6 Å². The van der Waals surface area contributed by atoms with Crippen molar-refractivity contribution in [2.75, 3.05) is 5.32 Å². The van der Waals surface area contributed by atoms with Crippen molar-refractivity contribution in [1.82, 2.24) is 0 Å². The van der Waals surface area contributed by atoms with Crippen LogP contribution in [0.25, 0.3) is 0 Å². The molecule has 21 heavy (non-hydrogen) atoms. The van der Waals surface area contributed by atoms with E-state index in [1.54, 1.807) is 6.07 Å². The van der Waals surface area contributed by atoms with E-state index < -0.39 is 16.6 Å². The summed E-state index contributed by atoms with van der Waals surface area (Å²) >= 11 is 6.16. The van der Waals surface area contributed by atoms with Gasteiger partial charge in [-0.3, -0.25) is 14.9 Å². The molecule has 0 spiro atoms. The van der Waals surface area contributed by atoms with Gasteiger partial charge in [-0.1, -0.05) is 6.07 Å². The highest BCUT2D eigenvalue weighted by molar-refractivity contribution is 9.11. The molecule has 0 unspecified atom stereocenters. The second kappa shape index (κ2) is 6.31. The van der Waals surface area contributed by atoms with Crippen molar-refractivity contribution in [1.29, 1.82) is 0 Å². The van der Waals surface area contributed by atoms with Crippen LogP contribution in [0.4, 0.5) is 15.8 Å². The predicted molar refractivity (Wildman–Crippen MR) is 82.8 cm³/mol. The SMILES string of the molecule is O=C(Nc1c(F)cccc1Br)c1ccc(Br)c([N+](=O)[O-])c1. The minimum absolute atomic E-state index is 0.0203. The quantitative estimate of drug-likeness (QED) is 0.589. The monoisotopic (exact) mass is 416 g/mol. The Morgan fingerprint density at radius 2 is 1.90 bits per heavy atom. The van der Waals surface area contributed by atoms with Crippen LogP contribution < -0.4 is 5.32 Å². The molecule has 2 rings (SSSR count). The minimum atomic E-state index is -0.642. The Morgan fingerprint density at radius 3 is 2.52 bits per heavy atom. The van der Waals surface area contributed by atoms with Crippen molar-refractivity contribution < 1.29 is 14.1 Å². The van der Waals surface area contributed by atoms with E-state index in [0.717, 1.165) is 6.07 Å². The van der Waals surface area contributed by atoms with Crippen molar-refractivity contribution in [3.05, 3.63) is 66.8 Å². The number of carbonyl (C=O) groups is 1. The summed E-state index contributed by atoms with van der Waals surface area (Å²) in [6.45, 7) is 0. The Hall–Kier alpha value is -1.80. The molecule has 0 heterocycles. The molecule has 1 N–H and O–H groups in total. The summed E-state index contributed by atoms with van der Waals surface area (Å²) < 4.78 is 14.3. The molecule has 1 amide bonds. The number of nitrogens with zero attached hydrogens (tertiary/aromatic N) is 1. The fourth-order valence-corrected chi connectivity index (χ4v) is 2.43. The smallest absolute Gasteiger partial charge is 0.284 e. The number of hydrogen-bond donors (Lipinski definition) is 1. The van der Waals surface area contributed by atoms with Crippen LogP contribution in [0.2, 0.25) is 0 Å².